The molecule has 1 aromatic carbocycles. The number of hydrogen-bond donors (Lipinski definition) is 0. The Hall–Kier alpha value is -3.22. The molecule has 2 aromatic heterocycles. The van der Waals surface area contributed by atoms with E-state index in [0.717, 1.165) is 11.1 Å². The Morgan fingerprint density at radius 3 is 2.63 bits per heavy atom. The number of rotatable bonds is 5. The monoisotopic (exact) mass is 367 g/mol. The summed E-state index contributed by atoms with van der Waals surface area (Å²) in [6.45, 7) is 5.63. The second kappa shape index (κ2) is 7.57. The second-order valence-electron chi connectivity index (χ2n) is 6.42. The van der Waals surface area contributed by atoms with Crippen LogP contribution in [0.3, 0.4) is 0 Å². The van der Waals surface area contributed by atoms with E-state index in [1.54, 1.807) is 19.9 Å². The zero-order chi connectivity index (χ0) is 19.6. The first-order valence-corrected chi connectivity index (χ1v) is 8.55. The van der Waals surface area contributed by atoms with E-state index in [2.05, 4.69) is 10.1 Å². The number of fused-ring (bicyclic) bond motifs is 1. The fourth-order valence-corrected chi connectivity index (χ4v) is 2.97. The number of carbonyl (C=O) groups is 2. The number of aryl methyl sites for hydroxylation is 3. The molecular weight excluding hydrogens is 346 g/mol. The molecule has 140 valence electrons. The molecule has 0 bridgehead atoms. The Morgan fingerprint density at radius 2 is 1.93 bits per heavy atom. The van der Waals surface area contributed by atoms with E-state index in [4.69, 9.17) is 9.26 Å². The number of ether oxygens (including phenoxy) is 1. The Balaban J connectivity index is 2.04. The van der Waals surface area contributed by atoms with Gasteiger partial charge in [-0.15, -0.1) is 0 Å². The molecule has 0 radical (unpaired) electrons. The summed E-state index contributed by atoms with van der Waals surface area (Å²) in [5.41, 5.74) is 3.93. The van der Waals surface area contributed by atoms with Gasteiger partial charge in [-0.25, -0.2) is 4.98 Å². The highest BCUT2D eigenvalue weighted by Crippen LogP contribution is 2.24. The van der Waals surface area contributed by atoms with Crippen molar-refractivity contribution in [2.24, 2.45) is 0 Å². The number of benzene rings is 1. The van der Waals surface area contributed by atoms with Crippen LogP contribution in [-0.2, 0) is 16.1 Å². The first-order valence-electron chi connectivity index (χ1n) is 8.55. The van der Waals surface area contributed by atoms with E-state index in [1.807, 2.05) is 31.2 Å². The number of hydrogen-bond acceptors (Lipinski definition) is 6. The molecule has 0 spiro atoms. The summed E-state index contributed by atoms with van der Waals surface area (Å²) in [7, 11) is 1.30. The predicted molar refractivity (Wildman–Crippen MR) is 99.2 cm³/mol. The topological polar surface area (TPSA) is 85.5 Å². The maximum atomic E-state index is 13.3. The van der Waals surface area contributed by atoms with E-state index in [1.165, 1.54) is 12.0 Å². The number of aromatic nitrogens is 2. The quantitative estimate of drug-likeness (QED) is 0.645. The first-order chi connectivity index (χ1) is 12.9. The van der Waals surface area contributed by atoms with Crippen LogP contribution in [0.25, 0.3) is 11.1 Å². The third kappa shape index (κ3) is 3.81. The summed E-state index contributed by atoms with van der Waals surface area (Å²) in [5, 5.41) is 4.48. The fraction of sp³-hybridized carbons (Fsp3) is 0.300. The van der Waals surface area contributed by atoms with Crippen LogP contribution >= 0.6 is 0 Å². The molecule has 0 saturated carbocycles. The molecule has 0 saturated heterocycles. The van der Waals surface area contributed by atoms with E-state index in [9.17, 15) is 9.59 Å². The summed E-state index contributed by atoms with van der Waals surface area (Å²) in [5.74, 6) is -0.786. The summed E-state index contributed by atoms with van der Waals surface area (Å²) >= 11 is 0. The van der Waals surface area contributed by atoms with Crippen molar-refractivity contribution in [2.75, 3.05) is 13.7 Å². The Bertz CT molecular complexity index is 1010. The number of methoxy groups -OCH3 is 1. The van der Waals surface area contributed by atoms with Crippen molar-refractivity contribution in [3.63, 3.8) is 0 Å². The minimum absolute atomic E-state index is 0.156. The molecule has 0 aliphatic carbocycles. The Morgan fingerprint density at radius 1 is 1.19 bits per heavy atom. The van der Waals surface area contributed by atoms with Crippen molar-refractivity contribution >= 4 is 23.0 Å². The van der Waals surface area contributed by atoms with Crippen LogP contribution < -0.4 is 0 Å². The minimum Gasteiger partial charge on any atom is -0.468 e. The van der Waals surface area contributed by atoms with Gasteiger partial charge in [0.1, 0.15) is 6.54 Å². The standard InChI is InChI=1S/C20H21N3O4/c1-12-7-5-6-8-15(12)10-23(11-17(24)26-4)20(25)16-9-13(2)21-19-18(16)14(3)22-27-19/h5-9H,10-11H2,1-4H3. The van der Waals surface area contributed by atoms with Gasteiger partial charge in [0.25, 0.3) is 11.6 Å². The van der Waals surface area contributed by atoms with Crippen LogP contribution in [0.1, 0.15) is 32.9 Å². The van der Waals surface area contributed by atoms with E-state index in [-0.39, 0.29) is 19.0 Å². The van der Waals surface area contributed by atoms with Gasteiger partial charge in [0, 0.05) is 12.2 Å². The average molecular weight is 367 g/mol. The highest BCUT2D eigenvalue weighted by atomic mass is 16.5. The lowest BCUT2D eigenvalue weighted by atomic mass is 10.1. The molecule has 1 amide bonds. The highest BCUT2D eigenvalue weighted by Gasteiger charge is 2.25. The van der Waals surface area contributed by atoms with Crippen molar-refractivity contribution in [1.82, 2.24) is 15.0 Å². The molecule has 7 nitrogen and oxygen atoms in total. The van der Waals surface area contributed by atoms with Gasteiger partial charge in [-0.3, -0.25) is 9.59 Å². The summed E-state index contributed by atoms with van der Waals surface area (Å²) in [4.78, 5) is 31.0. The van der Waals surface area contributed by atoms with Gasteiger partial charge in [-0.1, -0.05) is 29.4 Å². The zero-order valence-electron chi connectivity index (χ0n) is 15.8. The van der Waals surface area contributed by atoms with Crippen molar-refractivity contribution in [3.8, 4) is 0 Å². The van der Waals surface area contributed by atoms with Gasteiger partial charge in [0.15, 0.2) is 0 Å². The van der Waals surface area contributed by atoms with Gasteiger partial charge < -0.3 is 14.2 Å². The molecular formula is C20H21N3O4. The molecule has 0 aliphatic heterocycles. The molecule has 0 atom stereocenters. The largest absolute Gasteiger partial charge is 0.468 e. The number of pyridine rings is 1. The number of carbonyl (C=O) groups excluding carboxylic acids is 2. The smallest absolute Gasteiger partial charge is 0.325 e. The molecule has 27 heavy (non-hydrogen) atoms. The maximum Gasteiger partial charge on any atom is 0.325 e. The lowest BCUT2D eigenvalue weighted by Gasteiger charge is -2.23. The molecule has 3 aromatic rings. The SMILES string of the molecule is COC(=O)CN(Cc1ccccc1C)C(=O)c1cc(C)nc2onc(C)c12. The average Bonchev–Trinajstić information content (AvgIpc) is 3.02. The van der Waals surface area contributed by atoms with Gasteiger partial charge >= 0.3 is 5.97 Å². The van der Waals surface area contributed by atoms with Crippen LogP contribution in [-0.4, -0.2) is 40.6 Å². The van der Waals surface area contributed by atoms with Crippen LogP contribution in [0.4, 0.5) is 0 Å². The lowest BCUT2D eigenvalue weighted by Crippen LogP contribution is -2.36. The molecule has 0 N–H and O–H groups in total. The summed E-state index contributed by atoms with van der Waals surface area (Å²) in [6, 6.07) is 9.43. The van der Waals surface area contributed by atoms with Gasteiger partial charge in [-0.05, 0) is 38.0 Å². The molecule has 7 heteroatoms. The molecule has 2 heterocycles. The lowest BCUT2D eigenvalue weighted by molar-refractivity contribution is -0.141. The third-order valence-electron chi connectivity index (χ3n) is 4.43. The van der Waals surface area contributed by atoms with Crippen molar-refractivity contribution < 1.29 is 18.8 Å². The van der Waals surface area contributed by atoms with E-state index >= 15 is 0 Å². The maximum absolute atomic E-state index is 13.3. The second-order valence-corrected chi connectivity index (χ2v) is 6.42. The Labute approximate surface area is 156 Å². The van der Waals surface area contributed by atoms with Gasteiger partial charge in [-0.2, -0.15) is 0 Å². The number of amides is 1. The van der Waals surface area contributed by atoms with Gasteiger partial charge in [0.2, 0.25) is 0 Å². The fourth-order valence-electron chi connectivity index (χ4n) is 2.97. The highest BCUT2D eigenvalue weighted by molar-refractivity contribution is 6.06. The van der Waals surface area contributed by atoms with Crippen LogP contribution in [0, 0.1) is 20.8 Å². The zero-order valence-corrected chi connectivity index (χ0v) is 15.8. The van der Waals surface area contributed by atoms with Crippen LogP contribution in [0.15, 0.2) is 34.9 Å². The number of nitrogens with zero attached hydrogens (tertiary/aromatic N) is 3. The molecule has 0 aliphatic rings. The molecule has 0 fully saturated rings. The predicted octanol–water partition coefficient (Wildman–Crippen LogP) is 2.96. The van der Waals surface area contributed by atoms with Crippen molar-refractivity contribution in [1.29, 1.82) is 0 Å². The number of esters is 1. The van der Waals surface area contributed by atoms with Crippen LogP contribution in [0.5, 0.6) is 0 Å². The van der Waals surface area contributed by atoms with Gasteiger partial charge in [0.05, 0.1) is 23.8 Å². The molecule has 3 rings (SSSR count). The molecule has 0 unspecified atom stereocenters. The first kappa shape index (κ1) is 18.6. The minimum atomic E-state index is -0.485. The summed E-state index contributed by atoms with van der Waals surface area (Å²) in [6.07, 6.45) is 0. The van der Waals surface area contributed by atoms with E-state index in [0.29, 0.717) is 28.1 Å². The van der Waals surface area contributed by atoms with Crippen molar-refractivity contribution in [2.45, 2.75) is 27.3 Å². The third-order valence-corrected chi connectivity index (χ3v) is 4.43. The summed E-state index contributed by atoms with van der Waals surface area (Å²) < 4.78 is 9.99. The Kier molecular flexibility index (Phi) is 5.21. The van der Waals surface area contributed by atoms with Crippen LogP contribution in [0.2, 0.25) is 0 Å². The van der Waals surface area contributed by atoms with Crippen molar-refractivity contribution in [3.05, 3.63) is 58.4 Å². The van der Waals surface area contributed by atoms with E-state index < -0.39 is 5.97 Å². The normalized spacial score (nSPS) is 10.8.